The highest BCUT2D eigenvalue weighted by atomic mass is 32.2. The molecule has 2 aromatic rings. The molecule has 1 aliphatic rings. The summed E-state index contributed by atoms with van der Waals surface area (Å²) < 4.78 is 6.15. The number of aromatic nitrogens is 1. The van der Waals surface area contributed by atoms with E-state index in [0.717, 1.165) is 31.7 Å². The predicted molar refractivity (Wildman–Crippen MR) is 100 cm³/mol. The molecule has 0 saturated carbocycles. The molecule has 1 aliphatic heterocycles. The third kappa shape index (κ3) is 4.72. The summed E-state index contributed by atoms with van der Waals surface area (Å²) in [7, 11) is 4.18. The molecule has 0 spiro atoms. The Morgan fingerprint density at radius 2 is 2.12 bits per heavy atom. The van der Waals surface area contributed by atoms with Gasteiger partial charge < -0.3 is 15.0 Å². The van der Waals surface area contributed by atoms with Gasteiger partial charge in [-0.2, -0.15) is 0 Å². The van der Waals surface area contributed by atoms with Crippen LogP contribution in [-0.4, -0.2) is 43.4 Å². The number of ether oxygens (including phenoxy) is 1. The standard InChI is InChI=1S/C19H25N3OS/c1-22(2)11-6-12-23-19-13-18(15-7-5-10-20-14-15)24-17-9-4-3-8-16(17)21-19/h3-5,7-10,14,18-19,21H,6,11-13H2,1-2H3. The summed E-state index contributed by atoms with van der Waals surface area (Å²) in [6, 6.07) is 12.6. The van der Waals surface area contributed by atoms with Crippen LogP contribution >= 0.6 is 11.8 Å². The van der Waals surface area contributed by atoms with E-state index in [9.17, 15) is 0 Å². The Labute approximate surface area is 148 Å². The van der Waals surface area contributed by atoms with Crippen LogP contribution in [0.15, 0.2) is 53.7 Å². The van der Waals surface area contributed by atoms with E-state index in [2.05, 4.69) is 59.6 Å². The number of nitrogens with zero attached hydrogens (tertiary/aromatic N) is 2. The van der Waals surface area contributed by atoms with E-state index in [-0.39, 0.29) is 6.23 Å². The molecule has 1 aromatic carbocycles. The van der Waals surface area contributed by atoms with Gasteiger partial charge in [0.15, 0.2) is 0 Å². The normalized spacial score (nSPS) is 20.3. The first-order valence-corrected chi connectivity index (χ1v) is 9.29. The van der Waals surface area contributed by atoms with Crippen molar-refractivity contribution in [2.45, 2.75) is 29.2 Å². The Morgan fingerprint density at radius 3 is 2.92 bits per heavy atom. The minimum atomic E-state index is 0.0218. The number of anilines is 1. The zero-order valence-electron chi connectivity index (χ0n) is 14.3. The van der Waals surface area contributed by atoms with Crippen LogP contribution in [0, 0.1) is 0 Å². The van der Waals surface area contributed by atoms with Crippen molar-refractivity contribution in [3.63, 3.8) is 0 Å². The molecule has 0 saturated heterocycles. The minimum absolute atomic E-state index is 0.0218. The lowest BCUT2D eigenvalue weighted by Gasteiger charge is -2.22. The molecule has 4 nitrogen and oxygen atoms in total. The lowest BCUT2D eigenvalue weighted by atomic mass is 10.1. The van der Waals surface area contributed by atoms with Crippen molar-refractivity contribution in [3.05, 3.63) is 54.4 Å². The second-order valence-electron chi connectivity index (χ2n) is 6.29. The maximum absolute atomic E-state index is 6.15. The minimum Gasteiger partial charge on any atom is -0.359 e. The molecular formula is C19H25N3OS. The van der Waals surface area contributed by atoms with Gasteiger partial charge in [0.2, 0.25) is 0 Å². The summed E-state index contributed by atoms with van der Waals surface area (Å²) in [5.41, 5.74) is 2.41. The smallest absolute Gasteiger partial charge is 0.129 e. The zero-order valence-corrected chi connectivity index (χ0v) is 15.1. The maximum atomic E-state index is 6.15. The van der Waals surface area contributed by atoms with Crippen LogP contribution in [0.4, 0.5) is 5.69 Å². The Hall–Kier alpha value is -1.56. The van der Waals surface area contributed by atoms with Crippen LogP contribution in [0.3, 0.4) is 0 Å². The molecule has 0 amide bonds. The average molecular weight is 343 g/mol. The first-order valence-electron chi connectivity index (χ1n) is 8.41. The summed E-state index contributed by atoms with van der Waals surface area (Å²) in [5.74, 6) is 0. The van der Waals surface area contributed by atoms with E-state index in [0.29, 0.717) is 5.25 Å². The zero-order chi connectivity index (χ0) is 16.8. The number of benzene rings is 1. The van der Waals surface area contributed by atoms with Crippen molar-refractivity contribution in [1.29, 1.82) is 0 Å². The van der Waals surface area contributed by atoms with Crippen molar-refractivity contribution < 1.29 is 4.74 Å². The van der Waals surface area contributed by atoms with Gasteiger partial charge in [0, 0.05) is 34.6 Å². The molecule has 2 atom stereocenters. The fraction of sp³-hybridized carbons (Fsp3) is 0.421. The SMILES string of the molecule is CN(C)CCCOC1CC(c2cccnc2)Sc2ccccc2N1. The first kappa shape index (κ1) is 17.3. The summed E-state index contributed by atoms with van der Waals surface area (Å²) in [4.78, 5) is 7.74. The molecule has 1 aromatic heterocycles. The number of thioether (sulfide) groups is 1. The number of rotatable bonds is 6. The monoisotopic (exact) mass is 343 g/mol. The van der Waals surface area contributed by atoms with E-state index < -0.39 is 0 Å². The topological polar surface area (TPSA) is 37.4 Å². The highest BCUT2D eigenvalue weighted by Crippen LogP contribution is 2.44. The van der Waals surface area contributed by atoms with Gasteiger partial charge in [-0.3, -0.25) is 4.98 Å². The molecule has 2 unspecified atom stereocenters. The lowest BCUT2D eigenvalue weighted by molar-refractivity contribution is 0.0615. The molecule has 3 rings (SSSR count). The van der Waals surface area contributed by atoms with Crippen LogP contribution in [0.25, 0.3) is 0 Å². The average Bonchev–Trinajstić information content (AvgIpc) is 2.78. The third-order valence-corrected chi connectivity index (χ3v) is 5.38. The molecule has 5 heteroatoms. The lowest BCUT2D eigenvalue weighted by Crippen LogP contribution is -2.25. The molecule has 0 radical (unpaired) electrons. The van der Waals surface area contributed by atoms with Gasteiger partial charge in [-0.1, -0.05) is 18.2 Å². The van der Waals surface area contributed by atoms with Gasteiger partial charge in [0.25, 0.3) is 0 Å². The van der Waals surface area contributed by atoms with E-state index in [4.69, 9.17) is 4.74 Å². The number of para-hydroxylation sites is 1. The Morgan fingerprint density at radius 1 is 1.25 bits per heavy atom. The summed E-state index contributed by atoms with van der Waals surface area (Å²) in [5, 5.41) is 3.91. The van der Waals surface area contributed by atoms with E-state index in [1.807, 2.05) is 30.2 Å². The van der Waals surface area contributed by atoms with Crippen LogP contribution < -0.4 is 5.32 Å². The Bertz CT molecular complexity index is 636. The molecule has 2 heterocycles. The van der Waals surface area contributed by atoms with Crippen LogP contribution in [-0.2, 0) is 4.74 Å². The number of pyridine rings is 1. The fourth-order valence-corrected chi connectivity index (χ4v) is 4.07. The number of nitrogens with one attached hydrogen (secondary N) is 1. The largest absolute Gasteiger partial charge is 0.359 e. The second kappa shape index (κ2) is 8.51. The van der Waals surface area contributed by atoms with Crippen molar-refractivity contribution in [3.8, 4) is 0 Å². The number of hydrogen-bond acceptors (Lipinski definition) is 5. The third-order valence-electron chi connectivity index (χ3n) is 4.03. The second-order valence-corrected chi connectivity index (χ2v) is 7.53. The van der Waals surface area contributed by atoms with Gasteiger partial charge in [0.05, 0.1) is 6.61 Å². The van der Waals surface area contributed by atoms with Gasteiger partial charge in [-0.25, -0.2) is 0 Å². The van der Waals surface area contributed by atoms with Crippen molar-refractivity contribution in [2.75, 3.05) is 32.6 Å². The van der Waals surface area contributed by atoms with Crippen molar-refractivity contribution in [2.24, 2.45) is 0 Å². The van der Waals surface area contributed by atoms with E-state index in [1.165, 1.54) is 10.5 Å². The van der Waals surface area contributed by atoms with E-state index >= 15 is 0 Å². The van der Waals surface area contributed by atoms with Crippen LogP contribution in [0.1, 0.15) is 23.7 Å². The van der Waals surface area contributed by atoms with Gasteiger partial charge in [-0.05, 0) is 50.8 Å². The van der Waals surface area contributed by atoms with Crippen molar-refractivity contribution in [1.82, 2.24) is 9.88 Å². The number of fused-ring (bicyclic) bond motifs is 1. The molecule has 1 N–H and O–H groups in total. The Kier molecular flexibility index (Phi) is 6.12. The van der Waals surface area contributed by atoms with Crippen LogP contribution in [0.2, 0.25) is 0 Å². The van der Waals surface area contributed by atoms with E-state index in [1.54, 1.807) is 0 Å². The first-order chi connectivity index (χ1) is 11.7. The Balaban J connectivity index is 1.72. The molecule has 128 valence electrons. The van der Waals surface area contributed by atoms with Gasteiger partial charge in [0.1, 0.15) is 6.23 Å². The molecular weight excluding hydrogens is 318 g/mol. The van der Waals surface area contributed by atoms with Crippen molar-refractivity contribution >= 4 is 17.4 Å². The number of hydrogen-bond donors (Lipinski definition) is 1. The molecule has 0 fully saturated rings. The predicted octanol–water partition coefficient (Wildman–Crippen LogP) is 4.03. The van der Waals surface area contributed by atoms with Gasteiger partial charge >= 0.3 is 0 Å². The van der Waals surface area contributed by atoms with Crippen LogP contribution in [0.5, 0.6) is 0 Å². The highest BCUT2D eigenvalue weighted by Gasteiger charge is 2.25. The molecule has 0 bridgehead atoms. The van der Waals surface area contributed by atoms with Gasteiger partial charge in [-0.15, -0.1) is 11.8 Å². The maximum Gasteiger partial charge on any atom is 0.129 e. The fourth-order valence-electron chi connectivity index (χ4n) is 2.80. The molecule has 0 aliphatic carbocycles. The quantitative estimate of drug-likeness (QED) is 0.802. The summed E-state index contributed by atoms with van der Waals surface area (Å²) in [6.45, 7) is 1.81. The summed E-state index contributed by atoms with van der Waals surface area (Å²) in [6.07, 6.45) is 5.78. The summed E-state index contributed by atoms with van der Waals surface area (Å²) >= 11 is 1.89. The highest BCUT2D eigenvalue weighted by molar-refractivity contribution is 7.99. The molecule has 24 heavy (non-hydrogen) atoms.